The number of aliphatic hydroxyl groups is 2. The second-order valence-corrected chi connectivity index (χ2v) is 6.95. The monoisotopic (exact) mass is 414 g/mol. The van der Waals surface area contributed by atoms with Crippen LogP contribution in [0.2, 0.25) is 0 Å². The molecule has 0 fully saturated rings. The molecule has 3 rings (SSSR count). The van der Waals surface area contributed by atoms with Gasteiger partial charge in [-0.15, -0.1) is 0 Å². The van der Waals surface area contributed by atoms with Gasteiger partial charge in [0.05, 0.1) is 24.0 Å². The molecular formula is C22H30N4O4. The fraction of sp³-hybridized carbons (Fsp3) is 0.364. The minimum atomic E-state index is 0.0805. The summed E-state index contributed by atoms with van der Waals surface area (Å²) < 4.78 is 0. The molecule has 0 aliphatic heterocycles. The lowest BCUT2D eigenvalue weighted by Gasteiger charge is -2.18. The normalized spacial score (nSPS) is 11.3. The zero-order valence-electron chi connectivity index (χ0n) is 16.9. The van der Waals surface area contributed by atoms with Crippen LogP contribution in [0.1, 0.15) is 0 Å². The van der Waals surface area contributed by atoms with Gasteiger partial charge in [0.15, 0.2) is 0 Å². The maximum absolute atomic E-state index is 11.1. The van der Waals surface area contributed by atoms with Crippen LogP contribution in [-0.4, -0.2) is 72.9 Å². The summed E-state index contributed by atoms with van der Waals surface area (Å²) in [7, 11) is 0. The molecule has 0 aromatic heterocycles. The standard InChI is InChI=1S/C22H30N4O4/c27-13-11-23-7-9-25-17-5-6-18(26-10-8-24-12-14-28)20-19(17)21(29)15-3-1-2-4-16(15)22(20)30/h1-6,23-30H,7-14H2. The molecule has 3 aromatic carbocycles. The molecule has 0 aliphatic rings. The molecule has 0 amide bonds. The summed E-state index contributed by atoms with van der Waals surface area (Å²) in [5, 5.41) is 55.0. The summed E-state index contributed by atoms with van der Waals surface area (Å²) in [4.78, 5) is 0. The lowest BCUT2D eigenvalue weighted by molar-refractivity contribution is 0.293. The Morgan fingerprint density at radius 1 is 0.567 bits per heavy atom. The van der Waals surface area contributed by atoms with Gasteiger partial charge in [-0.1, -0.05) is 24.3 Å². The Kier molecular flexibility index (Phi) is 7.92. The number of aromatic hydroxyl groups is 2. The van der Waals surface area contributed by atoms with Crippen molar-refractivity contribution in [2.24, 2.45) is 0 Å². The van der Waals surface area contributed by atoms with E-state index in [0.29, 0.717) is 60.8 Å². The number of phenolic OH excluding ortho intramolecular Hbond substituents is 2. The van der Waals surface area contributed by atoms with Gasteiger partial charge in [-0.3, -0.25) is 0 Å². The summed E-state index contributed by atoms with van der Waals surface area (Å²) in [6.07, 6.45) is 0. The van der Waals surface area contributed by atoms with Crippen LogP contribution < -0.4 is 21.3 Å². The highest BCUT2D eigenvalue weighted by atomic mass is 16.3. The number of phenols is 2. The average molecular weight is 415 g/mol. The van der Waals surface area contributed by atoms with E-state index in [1.807, 2.05) is 24.3 Å². The summed E-state index contributed by atoms with van der Waals surface area (Å²) in [6, 6.07) is 11.0. The van der Waals surface area contributed by atoms with Gasteiger partial charge in [0.1, 0.15) is 11.5 Å². The van der Waals surface area contributed by atoms with Gasteiger partial charge in [-0.2, -0.15) is 0 Å². The highest BCUT2D eigenvalue weighted by Gasteiger charge is 2.18. The molecule has 8 nitrogen and oxygen atoms in total. The quantitative estimate of drug-likeness (QED) is 0.127. The Hall–Kier alpha value is -2.78. The van der Waals surface area contributed by atoms with E-state index in [-0.39, 0.29) is 24.7 Å². The Balaban J connectivity index is 1.98. The fourth-order valence-corrected chi connectivity index (χ4v) is 3.53. The molecule has 8 N–H and O–H groups in total. The smallest absolute Gasteiger partial charge is 0.133 e. The third-order valence-corrected chi connectivity index (χ3v) is 4.93. The van der Waals surface area contributed by atoms with Gasteiger partial charge in [0, 0.05) is 61.4 Å². The predicted octanol–water partition coefficient (Wildman–Crippen LogP) is 1.39. The molecule has 0 saturated heterocycles. The van der Waals surface area contributed by atoms with Crippen molar-refractivity contribution in [1.29, 1.82) is 0 Å². The van der Waals surface area contributed by atoms with E-state index in [4.69, 9.17) is 10.2 Å². The third-order valence-electron chi connectivity index (χ3n) is 4.93. The molecule has 30 heavy (non-hydrogen) atoms. The Morgan fingerprint density at radius 3 is 1.40 bits per heavy atom. The first-order valence-electron chi connectivity index (χ1n) is 10.2. The van der Waals surface area contributed by atoms with Crippen molar-refractivity contribution in [3.63, 3.8) is 0 Å². The van der Waals surface area contributed by atoms with Gasteiger partial charge in [-0.05, 0) is 12.1 Å². The number of hydrogen-bond donors (Lipinski definition) is 8. The van der Waals surface area contributed by atoms with Crippen molar-refractivity contribution < 1.29 is 20.4 Å². The van der Waals surface area contributed by atoms with Crippen LogP contribution in [-0.2, 0) is 0 Å². The lowest BCUT2D eigenvalue weighted by Crippen LogP contribution is -2.25. The Morgan fingerprint density at radius 2 is 1.00 bits per heavy atom. The molecular weight excluding hydrogens is 384 g/mol. The van der Waals surface area contributed by atoms with Gasteiger partial charge < -0.3 is 41.7 Å². The average Bonchev–Trinajstić information content (AvgIpc) is 2.77. The maximum Gasteiger partial charge on any atom is 0.133 e. The molecule has 0 aliphatic carbocycles. The van der Waals surface area contributed by atoms with Crippen LogP contribution >= 0.6 is 0 Å². The number of nitrogens with one attached hydrogen (secondary N) is 4. The van der Waals surface area contributed by atoms with Crippen molar-refractivity contribution in [1.82, 2.24) is 10.6 Å². The van der Waals surface area contributed by atoms with Gasteiger partial charge in [0.25, 0.3) is 0 Å². The lowest BCUT2D eigenvalue weighted by atomic mass is 9.98. The van der Waals surface area contributed by atoms with E-state index in [0.717, 1.165) is 11.4 Å². The van der Waals surface area contributed by atoms with Crippen LogP contribution in [0, 0.1) is 0 Å². The molecule has 0 unspecified atom stereocenters. The molecule has 0 radical (unpaired) electrons. The molecule has 8 heteroatoms. The molecule has 0 bridgehead atoms. The molecule has 162 valence electrons. The maximum atomic E-state index is 11.1. The zero-order chi connectivity index (χ0) is 21.3. The topological polar surface area (TPSA) is 129 Å². The highest BCUT2D eigenvalue weighted by molar-refractivity contribution is 6.18. The highest BCUT2D eigenvalue weighted by Crippen LogP contribution is 2.47. The van der Waals surface area contributed by atoms with E-state index >= 15 is 0 Å². The number of anilines is 2. The van der Waals surface area contributed by atoms with Crippen molar-refractivity contribution in [3.8, 4) is 11.5 Å². The molecule has 0 heterocycles. The van der Waals surface area contributed by atoms with Crippen molar-refractivity contribution >= 4 is 32.9 Å². The second kappa shape index (κ2) is 10.8. The number of fused-ring (bicyclic) bond motifs is 2. The van der Waals surface area contributed by atoms with Crippen LogP contribution in [0.4, 0.5) is 11.4 Å². The van der Waals surface area contributed by atoms with Crippen LogP contribution in [0.15, 0.2) is 36.4 Å². The summed E-state index contributed by atoms with van der Waals surface area (Å²) in [5.74, 6) is 0.234. The van der Waals surface area contributed by atoms with Crippen LogP contribution in [0.25, 0.3) is 21.5 Å². The van der Waals surface area contributed by atoms with E-state index < -0.39 is 0 Å². The minimum absolute atomic E-state index is 0.0805. The number of rotatable bonds is 12. The van der Waals surface area contributed by atoms with Crippen LogP contribution in [0.5, 0.6) is 11.5 Å². The van der Waals surface area contributed by atoms with Crippen LogP contribution in [0.3, 0.4) is 0 Å². The minimum Gasteiger partial charge on any atom is -0.507 e. The molecule has 0 atom stereocenters. The number of hydrogen-bond acceptors (Lipinski definition) is 8. The first-order chi connectivity index (χ1) is 14.7. The summed E-state index contributed by atoms with van der Waals surface area (Å²) in [6.45, 7) is 3.70. The van der Waals surface area contributed by atoms with Crippen molar-refractivity contribution in [2.45, 2.75) is 0 Å². The van der Waals surface area contributed by atoms with E-state index in [1.54, 1.807) is 12.1 Å². The van der Waals surface area contributed by atoms with E-state index in [2.05, 4.69) is 21.3 Å². The molecule has 0 spiro atoms. The summed E-state index contributed by atoms with van der Waals surface area (Å²) in [5.41, 5.74) is 1.44. The van der Waals surface area contributed by atoms with E-state index in [9.17, 15) is 10.2 Å². The predicted molar refractivity (Wildman–Crippen MR) is 122 cm³/mol. The van der Waals surface area contributed by atoms with Gasteiger partial charge in [-0.25, -0.2) is 0 Å². The van der Waals surface area contributed by atoms with Gasteiger partial charge in [0.2, 0.25) is 0 Å². The van der Waals surface area contributed by atoms with E-state index in [1.165, 1.54) is 0 Å². The fourth-order valence-electron chi connectivity index (χ4n) is 3.53. The first kappa shape index (κ1) is 21.9. The number of aliphatic hydroxyl groups excluding tert-OH is 2. The summed E-state index contributed by atoms with van der Waals surface area (Å²) >= 11 is 0. The van der Waals surface area contributed by atoms with Crippen molar-refractivity contribution in [2.75, 3.05) is 63.1 Å². The molecule has 3 aromatic rings. The van der Waals surface area contributed by atoms with Gasteiger partial charge >= 0.3 is 0 Å². The zero-order valence-corrected chi connectivity index (χ0v) is 16.9. The first-order valence-corrected chi connectivity index (χ1v) is 10.2. The third kappa shape index (κ3) is 4.85. The Bertz CT molecular complexity index is 902. The SMILES string of the molecule is OCCNCCNc1ccc(NCCNCCO)c2c(O)c3ccccc3c(O)c12. The second-order valence-electron chi connectivity index (χ2n) is 6.95. The number of benzene rings is 3. The largest absolute Gasteiger partial charge is 0.507 e. The molecule has 0 saturated carbocycles. The Labute approximate surface area is 175 Å². The van der Waals surface area contributed by atoms with Crippen molar-refractivity contribution in [3.05, 3.63) is 36.4 Å².